The van der Waals surface area contributed by atoms with Gasteiger partial charge in [-0.1, -0.05) is 161 Å². The summed E-state index contributed by atoms with van der Waals surface area (Å²) >= 11 is 0. The Morgan fingerprint density at radius 1 is 0.361 bits per heavy atom. The quantitative estimate of drug-likeness (QED) is 0.0776. The van der Waals surface area contributed by atoms with Gasteiger partial charge in [-0.15, -0.1) is 0 Å². The van der Waals surface area contributed by atoms with Crippen LogP contribution in [0.2, 0.25) is 0 Å². The van der Waals surface area contributed by atoms with Gasteiger partial charge < -0.3 is 31.4 Å². The molecule has 3 rings (SSSR count). The molecule has 61 heavy (non-hydrogen) atoms. The molecular weight excluding hydrogens is 751 g/mol. The summed E-state index contributed by atoms with van der Waals surface area (Å²) in [6.07, 6.45) is 5.74. The highest BCUT2D eigenvalue weighted by Crippen LogP contribution is 2.54. The summed E-state index contributed by atoms with van der Waals surface area (Å²) in [6, 6.07) is 14.7. The molecule has 0 spiro atoms. The Morgan fingerprint density at radius 3 is 0.754 bits per heavy atom. The van der Waals surface area contributed by atoms with Gasteiger partial charge in [-0.05, 0) is 87.7 Å². The first-order valence-corrected chi connectivity index (χ1v) is 23.9. The molecule has 0 radical (unpaired) electrons. The molecule has 0 atom stereocenters. The maximum Gasteiger partial charge on any atom is 0.127 e. The van der Waals surface area contributed by atoms with Crippen molar-refractivity contribution in [1.29, 1.82) is 0 Å². The zero-order valence-corrected chi connectivity index (χ0v) is 42.5. The average molecular weight is 842 g/mol. The van der Waals surface area contributed by atoms with Crippen LogP contribution in [0.1, 0.15) is 219 Å². The molecule has 0 bridgehead atoms. The lowest BCUT2D eigenvalue weighted by Gasteiger charge is -2.38. The molecule has 6 nitrogen and oxygen atoms in total. The van der Waals surface area contributed by atoms with Crippen LogP contribution < -0.4 is 31.4 Å². The number of nitrogens with two attached hydrogens (primary N) is 3. The third-order valence-electron chi connectivity index (χ3n) is 15.2. The Labute approximate surface area is 374 Å². The van der Waals surface area contributed by atoms with Crippen LogP contribution in [0.5, 0.6) is 17.2 Å². The maximum atomic E-state index is 7.10. The SMILES string of the molecule is CCC(C)(C)c1cc(C(c2cc(C(C)(C)CC)cc(C(C)(C)CC)c2OCCN)c2cc(C(C)(C)CC)cc(C(C)(C)CC)c2OCCN)c(OCCN)c(C(C)(C)CC)c1. The molecular formula is C55H91N3O3. The normalized spacial score (nSPS) is 13.3. The van der Waals surface area contributed by atoms with Crippen molar-refractivity contribution in [3.05, 3.63) is 86.5 Å². The van der Waals surface area contributed by atoms with Crippen LogP contribution in [-0.4, -0.2) is 39.5 Å². The van der Waals surface area contributed by atoms with Crippen LogP contribution in [-0.2, 0) is 32.5 Å². The lowest BCUT2D eigenvalue weighted by Crippen LogP contribution is -2.27. The maximum absolute atomic E-state index is 7.10. The van der Waals surface area contributed by atoms with Crippen molar-refractivity contribution < 1.29 is 14.2 Å². The Bertz CT molecular complexity index is 1680. The van der Waals surface area contributed by atoms with E-state index in [4.69, 9.17) is 31.4 Å². The smallest absolute Gasteiger partial charge is 0.127 e. The fourth-order valence-corrected chi connectivity index (χ4v) is 7.93. The van der Waals surface area contributed by atoms with Gasteiger partial charge in [-0.25, -0.2) is 0 Å². The van der Waals surface area contributed by atoms with Gasteiger partial charge in [-0.3, -0.25) is 0 Å². The van der Waals surface area contributed by atoms with E-state index in [1.807, 2.05) is 0 Å². The third kappa shape index (κ3) is 11.4. The van der Waals surface area contributed by atoms with Gasteiger partial charge in [0.05, 0.1) is 0 Å². The van der Waals surface area contributed by atoms with E-state index in [2.05, 4.69) is 161 Å². The fraction of sp³-hybridized carbons (Fsp3) is 0.673. The molecule has 6 N–H and O–H groups in total. The Hall–Kier alpha value is -3.06. The van der Waals surface area contributed by atoms with E-state index in [1.165, 1.54) is 33.4 Å². The second-order valence-electron chi connectivity index (χ2n) is 21.6. The monoisotopic (exact) mass is 842 g/mol. The van der Waals surface area contributed by atoms with Gasteiger partial charge in [-0.2, -0.15) is 0 Å². The largest absolute Gasteiger partial charge is 0.492 e. The molecule has 0 heterocycles. The van der Waals surface area contributed by atoms with Gasteiger partial charge >= 0.3 is 0 Å². The topological polar surface area (TPSA) is 106 Å². The van der Waals surface area contributed by atoms with Crippen LogP contribution >= 0.6 is 0 Å². The molecule has 344 valence electrons. The van der Waals surface area contributed by atoms with E-state index < -0.39 is 0 Å². The van der Waals surface area contributed by atoms with Crippen molar-refractivity contribution in [1.82, 2.24) is 0 Å². The predicted molar refractivity (Wildman–Crippen MR) is 264 cm³/mol. The van der Waals surface area contributed by atoms with Gasteiger partial charge in [0.2, 0.25) is 0 Å². The highest BCUT2D eigenvalue weighted by Gasteiger charge is 2.40. The molecule has 0 fully saturated rings. The molecule has 6 heteroatoms. The van der Waals surface area contributed by atoms with Crippen LogP contribution in [0.4, 0.5) is 0 Å². The van der Waals surface area contributed by atoms with Crippen LogP contribution in [0.3, 0.4) is 0 Å². The molecule has 0 unspecified atom stereocenters. The molecule has 0 saturated carbocycles. The fourth-order valence-electron chi connectivity index (χ4n) is 7.93. The molecule has 0 saturated heterocycles. The average Bonchev–Trinajstić information content (AvgIpc) is 3.23. The highest BCUT2D eigenvalue weighted by atomic mass is 16.5. The van der Waals surface area contributed by atoms with E-state index >= 15 is 0 Å². The zero-order valence-electron chi connectivity index (χ0n) is 42.5. The first-order valence-electron chi connectivity index (χ1n) is 23.9. The van der Waals surface area contributed by atoms with Gasteiger partial charge in [0.1, 0.15) is 37.1 Å². The van der Waals surface area contributed by atoms with E-state index in [0.29, 0.717) is 39.5 Å². The first kappa shape index (κ1) is 52.3. The van der Waals surface area contributed by atoms with Crippen molar-refractivity contribution in [3.63, 3.8) is 0 Å². The lowest BCUT2D eigenvalue weighted by molar-refractivity contribution is 0.302. The second-order valence-corrected chi connectivity index (χ2v) is 21.6. The first-order chi connectivity index (χ1) is 28.3. The number of rotatable bonds is 24. The highest BCUT2D eigenvalue weighted by molar-refractivity contribution is 5.65. The molecule has 0 amide bonds. The van der Waals surface area contributed by atoms with E-state index in [1.54, 1.807) is 0 Å². The molecule has 0 aliphatic rings. The van der Waals surface area contributed by atoms with E-state index in [-0.39, 0.29) is 38.4 Å². The number of hydrogen-bond donors (Lipinski definition) is 3. The molecule has 0 aromatic heterocycles. The zero-order chi connectivity index (χ0) is 46.4. The molecule has 3 aromatic carbocycles. The standard InChI is InChI=1S/C55H91N3O3/c1-19-50(7,8)37-31-40(47(59-28-25-56)43(34-37)53(13,14)22-4)46(41-32-38(51(9,10)20-2)35-44(54(15,16)23-5)48(41)60-29-26-57)42-33-39(52(11,12)21-3)36-45(55(17,18)24-6)49(42)61-30-27-58/h31-36,46H,19-30,56-58H2,1-18H3. The van der Waals surface area contributed by atoms with Crippen LogP contribution in [0.15, 0.2) is 36.4 Å². The second kappa shape index (κ2) is 20.6. The number of ether oxygens (including phenoxy) is 3. The van der Waals surface area contributed by atoms with E-state index in [0.717, 1.165) is 72.5 Å². The van der Waals surface area contributed by atoms with Crippen molar-refractivity contribution >= 4 is 0 Å². The summed E-state index contributed by atoms with van der Waals surface area (Å²) in [6.45, 7) is 44.4. The molecule has 3 aromatic rings. The minimum absolute atomic E-state index is 0.120. The summed E-state index contributed by atoms with van der Waals surface area (Å²) in [4.78, 5) is 0. The summed E-state index contributed by atoms with van der Waals surface area (Å²) in [5, 5.41) is 0. The lowest BCUT2D eigenvalue weighted by atomic mass is 9.68. The Kier molecular flexibility index (Phi) is 17.7. The Morgan fingerprint density at radius 2 is 0.574 bits per heavy atom. The summed E-state index contributed by atoms with van der Waals surface area (Å²) in [7, 11) is 0. The van der Waals surface area contributed by atoms with Crippen molar-refractivity contribution in [2.24, 2.45) is 17.2 Å². The summed E-state index contributed by atoms with van der Waals surface area (Å²) in [5.74, 6) is 2.34. The molecule has 0 aliphatic carbocycles. The van der Waals surface area contributed by atoms with Gasteiger partial charge in [0.15, 0.2) is 0 Å². The summed E-state index contributed by atoms with van der Waals surface area (Å²) in [5.41, 5.74) is 28.8. The third-order valence-corrected chi connectivity index (χ3v) is 15.2. The van der Waals surface area contributed by atoms with Gasteiger partial charge in [0.25, 0.3) is 0 Å². The minimum atomic E-state index is -0.370. The van der Waals surface area contributed by atoms with Crippen LogP contribution in [0, 0.1) is 0 Å². The van der Waals surface area contributed by atoms with Crippen molar-refractivity contribution in [3.8, 4) is 17.2 Å². The van der Waals surface area contributed by atoms with Crippen LogP contribution in [0.25, 0.3) is 0 Å². The predicted octanol–water partition coefficient (Wildman–Crippen LogP) is 13.0. The Balaban J connectivity index is 3.07. The number of hydrogen-bond acceptors (Lipinski definition) is 6. The summed E-state index contributed by atoms with van der Waals surface area (Å²) < 4.78 is 21.3. The van der Waals surface area contributed by atoms with Gasteiger partial charge in [0, 0.05) is 58.9 Å². The number of benzene rings is 3. The van der Waals surface area contributed by atoms with E-state index in [9.17, 15) is 0 Å². The van der Waals surface area contributed by atoms with Crippen molar-refractivity contribution in [2.75, 3.05) is 39.5 Å². The van der Waals surface area contributed by atoms with Crippen molar-refractivity contribution in [2.45, 2.75) is 202 Å². The minimum Gasteiger partial charge on any atom is -0.492 e. The molecule has 0 aliphatic heterocycles.